The molecule has 0 bridgehead atoms. The zero-order chi connectivity index (χ0) is 18.6. The molecule has 150 valence electrons. The number of ether oxygens (including phenoxy) is 1. The predicted octanol–water partition coefficient (Wildman–Crippen LogP) is 2.01. The summed E-state index contributed by atoms with van der Waals surface area (Å²) in [5.74, 6) is -0.0366. The van der Waals surface area contributed by atoms with Crippen molar-refractivity contribution in [3.8, 4) is 11.3 Å². The molecular weight excluding hydrogens is 380 g/mol. The second-order valence-electron chi connectivity index (χ2n) is 7.08. The monoisotopic (exact) mass is 404 g/mol. The van der Waals surface area contributed by atoms with Crippen molar-refractivity contribution in [2.24, 2.45) is 0 Å². The number of hydrogen-bond donors (Lipinski definition) is 2. The second kappa shape index (κ2) is 9.32. The number of fused-ring (bicyclic) bond motifs is 1. The summed E-state index contributed by atoms with van der Waals surface area (Å²) in [5.41, 5.74) is 4.28. The fourth-order valence-corrected chi connectivity index (χ4v) is 3.80. The molecule has 0 spiro atoms. The zero-order valence-electron chi connectivity index (χ0n) is 15.7. The molecule has 2 aromatic rings. The maximum Gasteiger partial charge on any atom is 0.267 e. The van der Waals surface area contributed by atoms with E-state index in [0.29, 0.717) is 19.8 Å². The number of aromatic amines is 1. The number of halogens is 1. The Bertz CT molecular complexity index is 893. The average molecular weight is 405 g/mol. The Labute approximate surface area is 169 Å². The lowest BCUT2D eigenvalue weighted by atomic mass is 9.90. The predicted molar refractivity (Wildman–Crippen MR) is 110 cm³/mol. The van der Waals surface area contributed by atoms with E-state index in [1.54, 1.807) is 0 Å². The lowest BCUT2D eigenvalue weighted by molar-refractivity contribution is -0.118. The van der Waals surface area contributed by atoms with E-state index in [0.717, 1.165) is 66.8 Å². The lowest BCUT2D eigenvalue weighted by Crippen LogP contribution is -2.41. The van der Waals surface area contributed by atoms with E-state index in [1.165, 1.54) is 0 Å². The van der Waals surface area contributed by atoms with Crippen LogP contribution in [0.3, 0.4) is 0 Å². The van der Waals surface area contributed by atoms with Crippen LogP contribution in [0.5, 0.6) is 0 Å². The minimum atomic E-state index is -0.0802. The molecule has 1 fully saturated rings. The van der Waals surface area contributed by atoms with Crippen LogP contribution in [0.15, 0.2) is 29.1 Å². The third-order valence-corrected chi connectivity index (χ3v) is 5.19. The number of amides is 1. The number of nitrogens with zero attached hydrogens (tertiary/aromatic N) is 2. The van der Waals surface area contributed by atoms with E-state index >= 15 is 0 Å². The highest BCUT2D eigenvalue weighted by atomic mass is 35.5. The van der Waals surface area contributed by atoms with Crippen molar-refractivity contribution in [1.29, 1.82) is 0 Å². The largest absolute Gasteiger partial charge is 0.379 e. The van der Waals surface area contributed by atoms with Gasteiger partial charge in [0.05, 0.1) is 25.5 Å². The van der Waals surface area contributed by atoms with Gasteiger partial charge in [-0.15, -0.1) is 12.4 Å². The molecule has 4 rings (SSSR count). The summed E-state index contributed by atoms with van der Waals surface area (Å²) in [4.78, 5) is 26.5. The van der Waals surface area contributed by atoms with Gasteiger partial charge in [0.25, 0.3) is 5.56 Å². The SMILES string of the molecule is Cl.O=C(CN1CCOCC1)Nc1cccc(-c2n[nH]c(=O)c3c2CCCC3)c1. The first kappa shape index (κ1) is 20.5. The van der Waals surface area contributed by atoms with Gasteiger partial charge in [-0.2, -0.15) is 5.10 Å². The Hall–Kier alpha value is -2.22. The molecule has 1 aliphatic carbocycles. The van der Waals surface area contributed by atoms with Gasteiger partial charge in [-0.3, -0.25) is 14.5 Å². The number of nitrogens with one attached hydrogen (secondary N) is 2. The Morgan fingerprint density at radius 1 is 1.18 bits per heavy atom. The van der Waals surface area contributed by atoms with E-state index in [9.17, 15) is 9.59 Å². The van der Waals surface area contributed by atoms with Gasteiger partial charge in [0.15, 0.2) is 0 Å². The first-order valence-corrected chi connectivity index (χ1v) is 9.51. The third-order valence-electron chi connectivity index (χ3n) is 5.19. The molecule has 7 nitrogen and oxygen atoms in total. The third kappa shape index (κ3) is 4.60. The number of aromatic nitrogens is 2. The zero-order valence-corrected chi connectivity index (χ0v) is 16.5. The van der Waals surface area contributed by atoms with Crippen LogP contribution >= 0.6 is 12.4 Å². The number of anilines is 1. The highest BCUT2D eigenvalue weighted by Crippen LogP contribution is 2.29. The summed E-state index contributed by atoms with van der Waals surface area (Å²) in [6, 6.07) is 7.67. The summed E-state index contributed by atoms with van der Waals surface area (Å²) >= 11 is 0. The van der Waals surface area contributed by atoms with E-state index in [2.05, 4.69) is 20.4 Å². The molecular formula is C20H25ClN4O3. The Morgan fingerprint density at radius 3 is 2.71 bits per heavy atom. The van der Waals surface area contributed by atoms with E-state index < -0.39 is 0 Å². The van der Waals surface area contributed by atoms with Crippen LogP contribution < -0.4 is 10.9 Å². The smallest absolute Gasteiger partial charge is 0.267 e. The number of morpholine rings is 1. The van der Waals surface area contributed by atoms with Crippen molar-refractivity contribution >= 4 is 24.0 Å². The van der Waals surface area contributed by atoms with Crippen molar-refractivity contribution < 1.29 is 9.53 Å². The molecule has 1 aromatic carbocycles. The summed E-state index contributed by atoms with van der Waals surface area (Å²) < 4.78 is 5.31. The summed E-state index contributed by atoms with van der Waals surface area (Å²) in [6.45, 7) is 3.26. The van der Waals surface area contributed by atoms with Gasteiger partial charge in [0.1, 0.15) is 0 Å². The number of H-pyrrole nitrogens is 1. The standard InChI is InChI=1S/C20H24N4O3.ClH/c25-18(13-24-8-10-27-11-9-24)21-15-5-3-4-14(12-15)19-16-6-1-2-7-17(16)20(26)23-22-19;/h3-5,12H,1-2,6-11,13H2,(H,21,25)(H,23,26);1H. The van der Waals surface area contributed by atoms with Crippen molar-refractivity contribution in [1.82, 2.24) is 15.1 Å². The number of carbonyl (C=O) groups is 1. The van der Waals surface area contributed by atoms with Gasteiger partial charge in [-0.1, -0.05) is 12.1 Å². The molecule has 2 aliphatic rings. The van der Waals surface area contributed by atoms with Gasteiger partial charge in [-0.25, -0.2) is 5.10 Å². The van der Waals surface area contributed by atoms with Crippen LogP contribution in [0.1, 0.15) is 24.0 Å². The number of benzene rings is 1. The van der Waals surface area contributed by atoms with Gasteiger partial charge in [-0.05, 0) is 43.4 Å². The van der Waals surface area contributed by atoms with E-state index in [-0.39, 0.29) is 23.9 Å². The fourth-order valence-electron chi connectivity index (χ4n) is 3.80. The van der Waals surface area contributed by atoms with Crippen LogP contribution in [0.2, 0.25) is 0 Å². The van der Waals surface area contributed by atoms with Crippen LogP contribution in [0.4, 0.5) is 5.69 Å². The molecule has 0 radical (unpaired) electrons. The summed E-state index contributed by atoms with van der Waals surface area (Å²) in [6.07, 6.45) is 3.78. The van der Waals surface area contributed by atoms with Crippen LogP contribution in [-0.2, 0) is 22.4 Å². The molecule has 0 saturated carbocycles. The molecule has 1 saturated heterocycles. The van der Waals surface area contributed by atoms with Crippen LogP contribution in [-0.4, -0.2) is 53.9 Å². The molecule has 2 N–H and O–H groups in total. The highest BCUT2D eigenvalue weighted by Gasteiger charge is 2.19. The van der Waals surface area contributed by atoms with Crippen molar-refractivity contribution in [3.63, 3.8) is 0 Å². The molecule has 1 aromatic heterocycles. The van der Waals surface area contributed by atoms with E-state index in [4.69, 9.17) is 4.74 Å². The van der Waals surface area contributed by atoms with Gasteiger partial charge in [0, 0.05) is 29.9 Å². The number of rotatable bonds is 4. The maximum absolute atomic E-state index is 12.3. The highest BCUT2D eigenvalue weighted by molar-refractivity contribution is 5.93. The Kier molecular flexibility index (Phi) is 6.83. The normalized spacial score (nSPS) is 16.7. The van der Waals surface area contributed by atoms with Gasteiger partial charge < -0.3 is 10.1 Å². The maximum atomic E-state index is 12.3. The molecule has 2 heterocycles. The molecule has 1 aliphatic heterocycles. The topological polar surface area (TPSA) is 87.3 Å². The van der Waals surface area contributed by atoms with Crippen molar-refractivity contribution in [2.75, 3.05) is 38.2 Å². The van der Waals surface area contributed by atoms with Gasteiger partial charge in [0.2, 0.25) is 5.91 Å². The molecule has 1 amide bonds. The van der Waals surface area contributed by atoms with Crippen molar-refractivity contribution in [2.45, 2.75) is 25.7 Å². The molecule has 8 heteroatoms. The van der Waals surface area contributed by atoms with E-state index in [1.807, 2.05) is 24.3 Å². The Morgan fingerprint density at radius 2 is 1.93 bits per heavy atom. The Balaban J connectivity index is 0.00000225. The van der Waals surface area contributed by atoms with Crippen LogP contribution in [0, 0.1) is 0 Å². The second-order valence-corrected chi connectivity index (χ2v) is 7.08. The number of carbonyl (C=O) groups excluding carboxylic acids is 1. The quantitative estimate of drug-likeness (QED) is 0.813. The summed E-state index contributed by atoms with van der Waals surface area (Å²) in [7, 11) is 0. The molecule has 28 heavy (non-hydrogen) atoms. The lowest BCUT2D eigenvalue weighted by Gasteiger charge is -2.25. The van der Waals surface area contributed by atoms with Crippen molar-refractivity contribution in [3.05, 3.63) is 45.7 Å². The fraction of sp³-hybridized carbons (Fsp3) is 0.450. The summed E-state index contributed by atoms with van der Waals surface area (Å²) in [5, 5.41) is 9.90. The minimum Gasteiger partial charge on any atom is -0.379 e. The minimum absolute atomic E-state index is 0. The molecule has 0 atom stereocenters. The number of hydrogen-bond acceptors (Lipinski definition) is 5. The van der Waals surface area contributed by atoms with Crippen LogP contribution in [0.25, 0.3) is 11.3 Å². The average Bonchev–Trinajstić information content (AvgIpc) is 2.69. The first-order valence-electron chi connectivity index (χ1n) is 9.51. The van der Waals surface area contributed by atoms with Gasteiger partial charge >= 0.3 is 0 Å². The molecule has 0 unspecified atom stereocenters. The first-order chi connectivity index (χ1) is 13.2.